The molecule has 2 aliphatic rings. The van der Waals surface area contributed by atoms with Gasteiger partial charge in [0, 0.05) is 0 Å². The van der Waals surface area contributed by atoms with Gasteiger partial charge in [-0.2, -0.15) is 0 Å². The third-order valence-corrected chi connectivity index (χ3v) is 4.49. The first-order valence-electron chi connectivity index (χ1n) is 6.05. The molecule has 0 aromatic rings. The van der Waals surface area contributed by atoms with Crippen molar-refractivity contribution in [3.8, 4) is 0 Å². The Kier molecular flexibility index (Phi) is 2.91. The van der Waals surface area contributed by atoms with Crippen LogP contribution in [0.3, 0.4) is 0 Å². The van der Waals surface area contributed by atoms with E-state index in [0.717, 1.165) is 32.1 Å². The molecule has 0 heterocycles. The Hall–Kier alpha value is -1.06. The van der Waals surface area contributed by atoms with Crippen LogP contribution >= 0.6 is 0 Å². The van der Waals surface area contributed by atoms with E-state index in [1.54, 1.807) is 0 Å². The molecule has 4 heteroatoms. The van der Waals surface area contributed by atoms with E-state index in [0.29, 0.717) is 12.8 Å². The highest BCUT2D eigenvalue weighted by Gasteiger charge is 2.57. The number of carboxylic acids is 2. The SMILES string of the molecule is O=C(O)C1CCCC1(C(=O)O)C1CCCC1. The third kappa shape index (κ3) is 1.51. The van der Waals surface area contributed by atoms with E-state index in [4.69, 9.17) is 0 Å². The summed E-state index contributed by atoms with van der Waals surface area (Å²) in [5.41, 5.74) is -0.970. The van der Waals surface area contributed by atoms with Crippen molar-refractivity contribution in [2.45, 2.75) is 44.9 Å². The highest BCUT2D eigenvalue weighted by Crippen LogP contribution is 2.54. The van der Waals surface area contributed by atoms with Crippen LogP contribution in [0.15, 0.2) is 0 Å². The summed E-state index contributed by atoms with van der Waals surface area (Å²) in [6, 6.07) is 0. The molecule has 0 aliphatic heterocycles. The molecule has 0 spiro atoms. The van der Waals surface area contributed by atoms with Crippen molar-refractivity contribution >= 4 is 11.9 Å². The van der Waals surface area contributed by atoms with Crippen molar-refractivity contribution in [3.05, 3.63) is 0 Å². The fourth-order valence-corrected chi connectivity index (χ4v) is 3.73. The van der Waals surface area contributed by atoms with Crippen LogP contribution in [0.25, 0.3) is 0 Å². The molecular weight excluding hydrogens is 208 g/mol. The number of carboxylic acid groups (broad SMARTS) is 2. The maximum Gasteiger partial charge on any atom is 0.310 e. The van der Waals surface area contributed by atoms with Crippen molar-refractivity contribution in [2.24, 2.45) is 17.3 Å². The van der Waals surface area contributed by atoms with E-state index < -0.39 is 23.3 Å². The lowest BCUT2D eigenvalue weighted by molar-refractivity contribution is -0.165. The van der Waals surface area contributed by atoms with Crippen LogP contribution in [0.2, 0.25) is 0 Å². The fourth-order valence-electron chi connectivity index (χ4n) is 3.73. The van der Waals surface area contributed by atoms with Crippen LogP contribution in [0, 0.1) is 17.3 Å². The Morgan fingerprint density at radius 3 is 2.12 bits per heavy atom. The molecule has 90 valence electrons. The van der Waals surface area contributed by atoms with Gasteiger partial charge in [-0.3, -0.25) is 9.59 Å². The van der Waals surface area contributed by atoms with E-state index >= 15 is 0 Å². The summed E-state index contributed by atoms with van der Waals surface area (Å²) in [6.07, 6.45) is 5.67. The predicted molar refractivity (Wildman–Crippen MR) is 57.0 cm³/mol. The predicted octanol–water partition coefficient (Wildman–Crippen LogP) is 2.13. The zero-order chi connectivity index (χ0) is 11.8. The van der Waals surface area contributed by atoms with E-state index in [1.807, 2.05) is 0 Å². The third-order valence-electron chi connectivity index (χ3n) is 4.49. The quantitative estimate of drug-likeness (QED) is 0.773. The fraction of sp³-hybridized carbons (Fsp3) is 0.833. The van der Waals surface area contributed by atoms with Gasteiger partial charge in [0.1, 0.15) is 0 Å². The maximum absolute atomic E-state index is 11.6. The summed E-state index contributed by atoms with van der Waals surface area (Å²) < 4.78 is 0. The zero-order valence-electron chi connectivity index (χ0n) is 9.32. The number of rotatable bonds is 3. The maximum atomic E-state index is 11.6. The molecule has 2 unspecified atom stereocenters. The van der Waals surface area contributed by atoms with Crippen LogP contribution < -0.4 is 0 Å². The number of hydrogen-bond donors (Lipinski definition) is 2. The normalized spacial score (nSPS) is 35.4. The molecule has 0 aromatic heterocycles. The number of hydrogen-bond acceptors (Lipinski definition) is 2. The monoisotopic (exact) mass is 226 g/mol. The Morgan fingerprint density at radius 1 is 1.00 bits per heavy atom. The first-order valence-corrected chi connectivity index (χ1v) is 6.05. The zero-order valence-corrected chi connectivity index (χ0v) is 9.32. The van der Waals surface area contributed by atoms with E-state index in [2.05, 4.69) is 0 Å². The molecule has 0 amide bonds. The molecule has 0 saturated heterocycles. The van der Waals surface area contributed by atoms with Crippen LogP contribution in [0.1, 0.15) is 44.9 Å². The Bertz CT molecular complexity index is 306. The van der Waals surface area contributed by atoms with Gasteiger partial charge < -0.3 is 10.2 Å². The van der Waals surface area contributed by atoms with Crippen molar-refractivity contribution in [3.63, 3.8) is 0 Å². The van der Waals surface area contributed by atoms with Crippen LogP contribution in [-0.4, -0.2) is 22.2 Å². The second-order valence-corrected chi connectivity index (χ2v) is 5.11. The van der Waals surface area contributed by atoms with Crippen molar-refractivity contribution in [1.29, 1.82) is 0 Å². The molecule has 0 bridgehead atoms. The van der Waals surface area contributed by atoms with Crippen molar-refractivity contribution in [1.82, 2.24) is 0 Å². The van der Waals surface area contributed by atoms with Crippen LogP contribution in [-0.2, 0) is 9.59 Å². The Morgan fingerprint density at radius 2 is 1.62 bits per heavy atom. The minimum Gasteiger partial charge on any atom is -0.481 e. The largest absolute Gasteiger partial charge is 0.481 e. The van der Waals surface area contributed by atoms with Crippen LogP contribution in [0.5, 0.6) is 0 Å². The Labute approximate surface area is 94.7 Å². The lowest BCUT2D eigenvalue weighted by Crippen LogP contribution is -2.44. The summed E-state index contributed by atoms with van der Waals surface area (Å²) in [4.78, 5) is 22.8. The second kappa shape index (κ2) is 4.07. The van der Waals surface area contributed by atoms with Gasteiger partial charge in [0.25, 0.3) is 0 Å². The van der Waals surface area contributed by atoms with E-state index in [1.165, 1.54) is 0 Å². The summed E-state index contributed by atoms with van der Waals surface area (Å²) in [7, 11) is 0. The van der Waals surface area contributed by atoms with Crippen molar-refractivity contribution in [2.75, 3.05) is 0 Å². The molecule has 0 radical (unpaired) electrons. The highest BCUT2D eigenvalue weighted by atomic mass is 16.4. The Balaban J connectivity index is 2.33. The smallest absolute Gasteiger partial charge is 0.310 e. The molecule has 2 N–H and O–H groups in total. The van der Waals surface area contributed by atoms with Gasteiger partial charge in [0.05, 0.1) is 11.3 Å². The summed E-state index contributed by atoms with van der Waals surface area (Å²) >= 11 is 0. The minimum absolute atomic E-state index is 0.0774. The number of carbonyl (C=O) groups is 2. The van der Waals surface area contributed by atoms with Gasteiger partial charge in [-0.25, -0.2) is 0 Å². The molecule has 2 rings (SSSR count). The molecule has 0 aromatic carbocycles. The molecule has 2 atom stereocenters. The van der Waals surface area contributed by atoms with E-state index in [-0.39, 0.29) is 5.92 Å². The topological polar surface area (TPSA) is 74.6 Å². The van der Waals surface area contributed by atoms with Gasteiger partial charge in [-0.1, -0.05) is 19.3 Å². The highest BCUT2D eigenvalue weighted by molar-refractivity contribution is 5.84. The molecule has 16 heavy (non-hydrogen) atoms. The van der Waals surface area contributed by atoms with Gasteiger partial charge in [-0.05, 0) is 31.6 Å². The van der Waals surface area contributed by atoms with Crippen molar-refractivity contribution < 1.29 is 19.8 Å². The van der Waals surface area contributed by atoms with Gasteiger partial charge in [-0.15, -0.1) is 0 Å². The average Bonchev–Trinajstić information content (AvgIpc) is 2.86. The average molecular weight is 226 g/mol. The molecule has 2 fully saturated rings. The molecule has 2 aliphatic carbocycles. The second-order valence-electron chi connectivity index (χ2n) is 5.11. The number of aliphatic carboxylic acids is 2. The van der Waals surface area contributed by atoms with Crippen LogP contribution in [0.4, 0.5) is 0 Å². The van der Waals surface area contributed by atoms with Gasteiger partial charge in [0.15, 0.2) is 0 Å². The summed E-state index contributed by atoms with van der Waals surface area (Å²) in [5, 5.41) is 18.7. The summed E-state index contributed by atoms with van der Waals surface area (Å²) in [6.45, 7) is 0. The lowest BCUT2D eigenvalue weighted by Gasteiger charge is -2.34. The summed E-state index contributed by atoms with van der Waals surface area (Å²) in [5.74, 6) is -2.40. The standard InChI is InChI=1S/C12H18O4/c13-10(14)9-6-3-7-12(9,11(15)16)8-4-1-2-5-8/h8-9H,1-7H2,(H,13,14)(H,15,16). The lowest BCUT2D eigenvalue weighted by atomic mass is 9.67. The minimum atomic E-state index is -0.970. The first kappa shape index (κ1) is 11.4. The van der Waals surface area contributed by atoms with Gasteiger partial charge in [0.2, 0.25) is 0 Å². The van der Waals surface area contributed by atoms with Gasteiger partial charge >= 0.3 is 11.9 Å². The molecular formula is C12H18O4. The molecule has 2 saturated carbocycles. The first-order chi connectivity index (χ1) is 7.59. The van der Waals surface area contributed by atoms with E-state index in [9.17, 15) is 19.8 Å². The molecule has 4 nitrogen and oxygen atoms in total.